The van der Waals surface area contributed by atoms with Crippen LogP contribution in [0.1, 0.15) is 44.5 Å². The Hall–Kier alpha value is -1.39. The maximum Gasteiger partial charge on any atom is 0.190 e. The lowest BCUT2D eigenvalue weighted by Crippen LogP contribution is -2.20. The molecule has 2 aromatic rings. The van der Waals surface area contributed by atoms with Gasteiger partial charge in [-0.25, -0.2) is 4.98 Å². The third-order valence-corrected chi connectivity index (χ3v) is 4.43. The molecule has 1 atom stereocenters. The Balaban J connectivity index is 2.16. The second-order valence-corrected chi connectivity index (χ2v) is 6.15. The van der Waals surface area contributed by atoms with Gasteiger partial charge >= 0.3 is 0 Å². The molecule has 0 bridgehead atoms. The van der Waals surface area contributed by atoms with Crippen LogP contribution in [0.3, 0.4) is 0 Å². The third kappa shape index (κ3) is 4.05. The van der Waals surface area contributed by atoms with Crippen molar-refractivity contribution >= 4 is 22.2 Å². The molecule has 0 aliphatic heterocycles. The molecule has 0 spiro atoms. The van der Waals surface area contributed by atoms with Crippen LogP contribution in [0.4, 0.5) is 10.8 Å². The number of anilines is 2. The smallest absolute Gasteiger partial charge is 0.190 e. The van der Waals surface area contributed by atoms with E-state index >= 15 is 0 Å². The second kappa shape index (κ2) is 7.57. The quantitative estimate of drug-likeness (QED) is 0.805. The van der Waals surface area contributed by atoms with Crippen LogP contribution in [0.5, 0.6) is 0 Å². The first-order valence-electron chi connectivity index (χ1n) is 7.68. The predicted molar refractivity (Wildman–Crippen MR) is 92.7 cm³/mol. The van der Waals surface area contributed by atoms with E-state index in [0.717, 1.165) is 30.3 Å². The molecule has 4 heteroatoms. The Morgan fingerprint density at radius 1 is 1.24 bits per heavy atom. The molecule has 0 aliphatic carbocycles. The van der Waals surface area contributed by atoms with Crippen molar-refractivity contribution in [3.8, 4) is 0 Å². The normalized spacial score (nSPS) is 12.4. The Kier molecular flexibility index (Phi) is 5.76. The van der Waals surface area contributed by atoms with Gasteiger partial charge in [0.1, 0.15) is 0 Å². The van der Waals surface area contributed by atoms with Gasteiger partial charge < -0.3 is 10.2 Å². The zero-order chi connectivity index (χ0) is 15.2. The molecule has 3 nitrogen and oxygen atoms in total. The van der Waals surface area contributed by atoms with E-state index < -0.39 is 0 Å². The maximum atomic E-state index is 4.82. The fourth-order valence-corrected chi connectivity index (χ4v) is 3.22. The maximum absolute atomic E-state index is 4.82. The van der Waals surface area contributed by atoms with Gasteiger partial charge in [0.25, 0.3) is 0 Å². The molecule has 2 rings (SSSR count). The Morgan fingerprint density at radius 3 is 2.57 bits per heavy atom. The molecule has 0 fully saturated rings. The highest BCUT2D eigenvalue weighted by molar-refractivity contribution is 7.13. The van der Waals surface area contributed by atoms with Crippen LogP contribution in [0.2, 0.25) is 0 Å². The number of benzene rings is 1. The van der Waals surface area contributed by atoms with Crippen LogP contribution in [0, 0.1) is 6.92 Å². The van der Waals surface area contributed by atoms with Gasteiger partial charge in [0.2, 0.25) is 0 Å². The van der Waals surface area contributed by atoms with Crippen molar-refractivity contribution in [1.29, 1.82) is 0 Å². The first-order valence-corrected chi connectivity index (χ1v) is 8.56. The highest BCUT2D eigenvalue weighted by Gasteiger charge is 2.14. The number of aryl methyl sites for hydroxylation is 1. The number of hydrogen-bond donors (Lipinski definition) is 1. The van der Waals surface area contributed by atoms with Crippen LogP contribution in [0.25, 0.3) is 0 Å². The van der Waals surface area contributed by atoms with Crippen LogP contribution < -0.4 is 10.2 Å². The summed E-state index contributed by atoms with van der Waals surface area (Å²) in [6.07, 6.45) is 1.14. The molecule has 114 valence electrons. The van der Waals surface area contributed by atoms with Gasteiger partial charge in [-0.15, -0.1) is 11.3 Å². The molecule has 0 saturated heterocycles. The van der Waals surface area contributed by atoms with Gasteiger partial charge in [-0.3, -0.25) is 0 Å². The number of nitrogens with zero attached hydrogens (tertiary/aromatic N) is 2. The summed E-state index contributed by atoms with van der Waals surface area (Å²) in [7, 11) is 0. The molecule has 0 saturated carbocycles. The van der Waals surface area contributed by atoms with Crippen LogP contribution in [0.15, 0.2) is 29.6 Å². The van der Waals surface area contributed by atoms with Crippen molar-refractivity contribution in [2.75, 3.05) is 18.0 Å². The van der Waals surface area contributed by atoms with Crippen molar-refractivity contribution in [2.45, 2.75) is 40.2 Å². The minimum Gasteiger partial charge on any atom is -0.318 e. The highest BCUT2D eigenvalue weighted by atomic mass is 32.1. The molecule has 1 N–H and O–H groups in total. The van der Waals surface area contributed by atoms with Gasteiger partial charge in [-0.1, -0.05) is 24.6 Å². The second-order valence-electron chi connectivity index (χ2n) is 5.31. The van der Waals surface area contributed by atoms with E-state index in [1.54, 1.807) is 11.3 Å². The molecule has 1 aromatic carbocycles. The standard InChI is InChI=1S/C17H25N3S/c1-5-11-18-14(4)16-12-21-17(19-16)20(6-2)15-9-7-13(3)8-10-15/h7-10,12,14,18H,5-6,11H2,1-4H3. The van der Waals surface area contributed by atoms with E-state index in [2.05, 4.69) is 67.6 Å². The number of rotatable bonds is 7. The topological polar surface area (TPSA) is 28.2 Å². The van der Waals surface area contributed by atoms with Crippen molar-refractivity contribution in [3.05, 3.63) is 40.9 Å². The summed E-state index contributed by atoms with van der Waals surface area (Å²) >= 11 is 1.72. The monoisotopic (exact) mass is 303 g/mol. The summed E-state index contributed by atoms with van der Waals surface area (Å²) in [6.45, 7) is 10.6. The third-order valence-electron chi connectivity index (χ3n) is 3.55. The van der Waals surface area contributed by atoms with E-state index in [1.165, 1.54) is 11.3 Å². The lowest BCUT2D eigenvalue weighted by Gasteiger charge is -2.20. The lowest BCUT2D eigenvalue weighted by atomic mass is 10.2. The van der Waals surface area contributed by atoms with Gasteiger partial charge in [0.15, 0.2) is 5.13 Å². The number of thiazole rings is 1. The largest absolute Gasteiger partial charge is 0.318 e. The SMILES string of the molecule is CCCNC(C)c1csc(N(CC)c2ccc(C)cc2)n1. The fraction of sp³-hybridized carbons (Fsp3) is 0.471. The lowest BCUT2D eigenvalue weighted by molar-refractivity contribution is 0.561. The van der Waals surface area contributed by atoms with Crippen molar-refractivity contribution in [2.24, 2.45) is 0 Å². The summed E-state index contributed by atoms with van der Waals surface area (Å²) in [4.78, 5) is 7.08. The van der Waals surface area contributed by atoms with Gasteiger partial charge in [-0.05, 0) is 45.9 Å². The van der Waals surface area contributed by atoms with E-state index in [1.807, 2.05) is 0 Å². The molecule has 0 amide bonds. The molecular formula is C17H25N3S. The molecular weight excluding hydrogens is 278 g/mol. The molecule has 21 heavy (non-hydrogen) atoms. The molecule has 0 radical (unpaired) electrons. The summed E-state index contributed by atoms with van der Waals surface area (Å²) in [5, 5.41) is 6.73. The molecule has 1 unspecified atom stereocenters. The summed E-state index contributed by atoms with van der Waals surface area (Å²) < 4.78 is 0. The molecule has 1 aromatic heterocycles. The highest BCUT2D eigenvalue weighted by Crippen LogP contribution is 2.30. The van der Waals surface area contributed by atoms with Gasteiger partial charge in [0, 0.05) is 23.7 Å². The van der Waals surface area contributed by atoms with E-state index in [9.17, 15) is 0 Å². The van der Waals surface area contributed by atoms with Crippen LogP contribution in [-0.4, -0.2) is 18.1 Å². The summed E-state index contributed by atoms with van der Waals surface area (Å²) in [5.41, 5.74) is 3.62. The van der Waals surface area contributed by atoms with E-state index in [-0.39, 0.29) is 0 Å². The zero-order valence-corrected chi connectivity index (χ0v) is 14.2. The molecule has 1 heterocycles. The Bertz CT molecular complexity index is 547. The number of nitrogens with one attached hydrogen (secondary N) is 1. The Morgan fingerprint density at radius 2 is 1.95 bits per heavy atom. The average Bonchev–Trinajstić information content (AvgIpc) is 2.97. The van der Waals surface area contributed by atoms with E-state index in [4.69, 9.17) is 4.98 Å². The number of aromatic nitrogens is 1. The summed E-state index contributed by atoms with van der Waals surface area (Å²) in [6, 6.07) is 8.94. The zero-order valence-electron chi connectivity index (χ0n) is 13.4. The fourth-order valence-electron chi connectivity index (χ4n) is 2.22. The average molecular weight is 303 g/mol. The van der Waals surface area contributed by atoms with Gasteiger partial charge in [0.05, 0.1) is 5.69 Å². The Labute approximate surface area is 132 Å². The van der Waals surface area contributed by atoms with Crippen molar-refractivity contribution in [3.63, 3.8) is 0 Å². The van der Waals surface area contributed by atoms with Crippen molar-refractivity contribution in [1.82, 2.24) is 10.3 Å². The van der Waals surface area contributed by atoms with E-state index in [0.29, 0.717) is 6.04 Å². The first kappa shape index (κ1) is 16.0. The minimum atomic E-state index is 0.312. The first-order chi connectivity index (χ1) is 10.2. The van der Waals surface area contributed by atoms with Gasteiger partial charge in [-0.2, -0.15) is 0 Å². The predicted octanol–water partition coefficient (Wildman–Crippen LogP) is 4.67. The minimum absolute atomic E-state index is 0.312. The number of hydrogen-bond acceptors (Lipinski definition) is 4. The van der Waals surface area contributed by atoms with Crippen molar-refractivity contribution < 1.29 is 0 Å². The van der Waals surface area contributed by atoms with Crippen LogP contribution >= 0.6 is 11.3 Å². The van der Waals surface area contributed by atoms with Crippen LogP contribution in [-0.2, 0) is 0 Å². The molecule has 0 aliphatic rings. The summed E-state index contributed by atoms with van der Waals surface area (Å²) in [5.74, 6) is 0.